The van der Waals surface area contributed by atoms with E-state index in [9.17, 15) is 0 Å². The van der Waals surface area contributed by atoms with E-state index in [1.54, 1.807) is 0 Å². The Balaban J connectivity index is 1.94. The Morgan fingerprint density at radius 3 is 2.00 bits per heavy atom. The highest BCUT2D eigenvalue weighted by Crippen LogP contribution is 2.38. The largest absolute Gasteiger partial charge is 0.365 e. The van der Waals surface area contributed by atoms with E-state index in [0.717, 1.165) is 6.61 Å². The van der Waals surface area contributed by atoms with Crippen LogP contribution in [0.5, 0.6) is 0 Å². The fourth-order valence-electron chi connectivity index (χ4n) is 1.92. The maximum Gasteiger partial charge on any atom is 0.114 e. The van der Waals surface area contributed by atoms with E-state index in [4.69, 9.17) is 4.74 Å². The molecule has 0 aliphatic carbocycles. The molecular formula is C15H14O. The molecule has 1 heterocycles. The molecule has 0 aromatic heterocycles. The van der Waals surface area contributed by atoms with Gasteiger partial charge in [0.1, 0.15) is 5.60 Å². The molecule has 3 rings (SSSR count). The van der Waals surface area contributed by atoms with E-state index in [-0.39, 0.29) is 5.60 Å². The first-order valence-corrected chi connectivity index (χ1v) is 5.58. The zero-order valence-corrected chi connectivity index (χ0v) is 9.31. The maximum absolute atomic E-state index is 5.43. The summed E-state index contributed by atoms with van der Waals surface area (Å²) in [6.07, 6.45) is 0. The van der Waals surface area contributed by atoms with Gasteiger partial charge in [0.2, 0.25) is 0 Å². The summed E-state index contributed by atoms with van der Waals surface area (Å²) in [5, 5.41) is 0. The molecule has 1 fully saturated rings. The Kier molecular flexibility index (Phi) is 2.08. The number of hydrogen-bond donors (Lipinski definition) is 0. The van der Waals surface area contributed by atoms with Crippen LogP contribution in [0.3, 0.4) is 0 Å². The molecule has 0 bridgehead atoms. The molecule has 1 heteroatoms. The van der Waals surface area contributed by atoms with Crippen molar-refractivity contribution in [2.24, 2.45) is 0 Å². The van der Waals surface area contributed by atoms with Crippen molar-refractivity contribution < 1.29 is 4.74 Å². The quantitative estimate of drug-likeness (QED) is 0.690. The van der Waals surface area contributed by atoms with Crippen LogP contribution in [-0.4, -0.2) is 6.61 Å². The minimum atomic E-state index is -0.0186. The number of epoxide rings is 1. The summed E-state index contributed by atoms with van der Waals surface area (Å²) in [4.78, 5) is 0. The molecule has 80 valence electrons. The fourth-order valence-corrected chi connectivity index (χ4v) is 1.92. The van der Waals surface area contributed by atoms with Crippen molar-refractivity contribution in [1.82, 2.24) is 0 Å². The van der Waals surface area contributed by atoms with Crippen LogP contribution in [0.4, 0.5) is 0 Å². The first-order chi connectivity index (χ1) is 7.78. The summed E-state index contributed by atoms with van der Waals surface area (Å²) >= 11 is 0. The zero-order valence-electron chi connectivity index (χ0n) is 9.31. The lowest BCUT2D eigenvalue weighted by atomic mass is 9.98. The van der Waals surface area contributed by atoms with Crippen LogP contribution in [0.1, 0.15) is 12.5 Å². The van der Waals surface area contributed by atoms with Crippen LogP contribution in [0.2, 0.25) is 0 Å². The van der Waals surface area contributed by atoms with E-state index in [1.807, 2.05) is 6.07 Å². The highest BCUT2D eigenvalue weighted by molar-refractivity contribution is 5.63. The molecule has 2 aromatic rings. The van der Waals surface area contributed by atoms with E-state index in [2.05, 4.69) is 55.5 Å². The predicted octanol–water partition coefficient (Wildman–Crippen LogP) is 3.60. The topological polar surface area (TPSA) is 12.5 Å². The molecule has 1 saturated heterocycles. The lowest BCUT2D eigenvalue weighted by Gasteiger charge is -2.07. The molecule has 1 atom stereocenters. The van der Waals surface area contributed by atoms with Crippen molar-refractivity contribution in [3.63, 3.8) is 0 Å². The summed E-state index contributed by atoms with van der Waals surface area (Å²) in [5.74, 6) is 0. The van der Waals surface area contributed by atoms with Gasteiger partial charge in [-0.25, -0.2) is 0 Å². The Bertz CT molecular complexity index is 481. The Hall–Kier alpha value is -1.60. The summed E-state index contributed by atoms with van der Waals surface area (Å²) in [7, 11) is 0. The highest BCUT2D eigenvalue weighted by atomic mass is 16.6. The average Bonchev–Trinajstić information content (AvgIpc) is 3.10. The van der Waals surface area contributed by atoms with Crippen LogP contribution in [0.15, 0.2) is 54.6 Å². The SMILES string of the molecule is CC1(c2ccc(-c3ccccc3)cc2)CO1. The number of rotatable bonds is 2. The third-order valence-corrected chi connectivity index (χ3v) is 3.18. The second-order valence-corrected chi connectivity index (χ2v) is 4.46. The standard InChI is InChI=1S/C15H14O/c1-15(11-16-15)14-9-7-13(8-10-14)12-5-3-2-4-6-12/h2-10H,11H2,1H3. The van der Waals surface area contributed by atoms with Crippen LogP contribution < -0.4 is 0 Å². The van der Waals surface area contributed by atoms with E-state index in [1.165, 1.54) is 16.7 Å². The van der Waals surface area contributed by atoms with Gasteiger partial charge >= 0.3 is 0 Å². The molecular weight excluding hydrogens is 196 g/mol. The molecule has 1 aliphatic heterocycles. The van der Waals surface area contributed by atoms with E-state index in [0.29, 0.717) is 0 Å². The average molecular weight is 210 g/mol. The Morgan fingerprint density at radius 2 is 1.44 bits per heavy atom. The summed E-state index contributed by atoms with van der Waals surface area (Å²) in [6, 6.07) is 19.1. The Labute approximate surface area is 95.7 Å². The molecule has 1 aliphatic rings. The molecule has 0 amide bonds. The van der Waals surface area contributed by atoms with Crippen LogP contribution in [0.25, 0.3) is 11.1 Å². The van der Waals surface area contributed by atoms with Crippen LogP contribution in [0, 0.1) is 0 Å². The molecule has 1 nitrogen and oxygen atoms in total. The molecule has 0 saturated carbocycles. The zero-order chi connectivity index (χ0) is 11.0. The van der Waals surface area contributed by atoms with Gasteiger partial charge in [-0.3, -0.25) is 0 Å². The van der Waals surface area contributed by atoms with Gasteiger partial charge < -0.3 is 4.74 Å². The minimum Gasteiger partial charge on any atom is -0.365 e. The Morgan fingerprint density at radius 1 is 0.875 bits per heavy atom. The van der Waals surface area contributed by atoms with Gasteiger partial charge in [0, 0.05) is 0 Å². The van der Waals surface area contributed by atoms with Gasteiger partial charge in [-0.1, -0.05) is 54.6 Å². The lowest BCUT2D eigenvalue weighted by molar-refractivity contribution is 0.329. The number of ether oxygens (including phenoxy) is 1. The van der Waals surface area contributed by atoms with Crippen molar-refractivity contribution >= 4 is 0 Å². The van der Waals surface area contributed by atoms with Gasteiger partial charge in [0.15, 0.2) is 0 Å². The van der Waals surface area contributed by atoms with E-state index < -0.39 is 0 Å². The van der Waals surface area contributed by atoms with Gasteiger partial charge in [-0.2, -0.15) is 0 Å². The minimum absolute atomic E-state index is 0.0186. The van der Waals surface area contributed by atoms with Gasteiger partial charge in [-0.05, 0) is 23.6 Å². The third-order valence-electron chi connectivity index (χ3n) is 3.18. The molecule has 1 unspecified atom stereocenters. The summed E-state index contributed by atoms with van der Waals surface area (Å²) < 4.78 is 5.43. The maximum atomic E-state index is 5.43. The fraction of sp³-hybridized carbons (Fsp3) is 0.200. The summed E-state index contributed by atoms with van der Waals surface area (Å²) in [6.45, 7) is 2.97. The first kappa shape index (κ1) is 9.61. The lowest BCUT2D eigenvalue weighted by Crippen LogP contribution is -2.00. The van der Waals surface area contributed by atoms with Crippen LogP contribution in [-0.2, 0) is 10.3 Å². The normalized spacial score (nSPS) is 23.1. The monoisotopic (exact) mass is 210 g/mol. The van der Waals surface area contributed by atoms with Crippen molar-refractivity contribution in [3.8, 4) is 11.1 Å². The third kappa shape index (κ3) is 1.63. The van der Waals surface area contributed by atoms with Gasteiger partial charge in [-0.15, -0.1) is 0 Å². The van der Waals surface area contributed by atoms with Crippen LogP contribution >= 0.6 is 0 Å². The first-order valence-electron chi connectivity index (χ1n) is 5.58. The van der Waals surface area contributed by atoms with E-state index >= 15 is 0 Å². The second-order valence-electron chi connectivity index (χ2n) is 4.46. The molecule has 0 radical (unpaired) electrons. The van der Waals surface area contributed by atoms with Crippen molar-refractivity contribution in [2.75, 3.05) is 6.61 Å². The van der Waals surface area contributed by atoms with Crippen molar-refractivity contribution in [1.29, 1.82) is 0 Å². The molecule has 2 aromatic carbocycles. The van der Waals surface area contributed by atoms with Crippen molar-refractivity contribution in [3.05, 3.63) is 60.2 Å². The number of benzene rings is 2. The van der Waals surface area contributed by atoms with Gasteiger partial charge in [0.05, 0.1) is 6.61 Å². The summed E-state index contributed by atoms with van der Waals surface area (Å²) in [5.41, 5.74) is 3.77. The predicted molar refractivity (Wildman–Crippen MR) is 65.2 cm³/mol. The smallest absolute Gasteiger partial charge is 0.114 e. The number of hydrogen-bond acceptors (Lipinski definition) is 1. The van der Waals surface area contributed by atoms with Crippen molar-refractivity contribution in [2.45, 2.75) is 12.5 Å². The van der Waals surface area contributed by atoms with Gasteiger partial charge in [0.25, 0.3) is 0 Å². The molecule has 16 heavy (non-hydrogen) atoms. The molecule has 0 N–H and O–H groups in total. The second kappa shape index (κ2) is 3.46. The molecule has 0 spiro atoms. The highest BCUT2D eigenvalue weighted by Gasteiger charge is 2.40.